The molecule has 3 N–H and O–H groups in total. The van der Waals surface area contributed by atoms with Gasteiger partial charge >= 0.3 is 0 Å². The molecule has 0 aliphatic rings. The van der Waals surface area contributed by atoms with Crippen molar-refractivity contribution in [3.05, 3.63) is 17.7 Å². The SMILES string of the molecule is CCNC(=NCC(=O)NC(C)(C)C)NCCc1c(OC)cc(OC)cc1OC.I. The van der Waals surface area contributed by atoms with Crippen LogP contribution >= 0.6 is 24.0 Å². The molecule has 1 amide bonds. The van der Waals surface area contributed by atoms with Crippen LogP contribution in [-0.2, 0) is 11.2 Å². The minimum Gasteiger partial charge on any atom is -0.496 e. The molecule has 0 heterocycles. The van der Waals surface area contributed by atoms with Crippen molar-refractivity contribution < 1.29 is 19.0 Å². The molecule has 0 unspecified atom stereocenters. The molecule has 0 spiro atoms. The van der Waals surface area contributed by atoms with Crippen LogP contribution in [0.2, 0.25) is 0 Å². The van der Waals surface area contributed by atoms with Crippen molar-refractivity contribution in [2.75, 3.05) is 41.0 Å². The molecule has 0 fully saturated rings. The van der Waals surface area contributed by atoms with E-state index in [0.29, 0.717) is 42.7 Å². The number of hydrogen-bond acceptors (Lipinski definition) is 5. The average molecular weight is 522 g/mol. The van der Waals surface area contributed by atoms with Crippen LogP contribution in [0.1, 0.15) is 33.3 Å². The number of nitrogens with zero attached hydrogens (tertiary/aromatic N) is 1. The van der Waals surface area contributed by atoms with Gasteiger partial charge in [0.1, 0.15) is 23.8 Å². The lowest BCUT2D eigenvalue weighted by molar-refractivity contribution is -0.121. The number of amides is 1. The molecule has 0 atom stereocenters. The van der Waals surface area contributed by atoms with Crippen molar-refractivity contribution in [3.8, 4) is 17.2 Å². The normalized spacial score (nSPS) is 11.2. The lowest BCUT2D eigenvalue weighted by Crippen LogP contribution is -2.43. The summed E-state index contributed by atoms with van der Waals surface area (Å²) >= 11 is 0. The molecule has 1 aromatic rings. The van der Waals surface area contributed by atoms with E-state index in [1.165, 1.54) is 0 Å². The minimum atomic E-state index is -0.278. The zero-order chi connectivity index (χ0) is 21.2. The van der Waals surface area contributed by atoms with E-state index in [1.807, 2.05) is 39.8 Å². The highest BCUT2D eigenvalue weighted by molar-refractivity contribution is 14.0. The average Bonchev–Trinajstić information content (AvgIpc) is 2.64. The van der Waals surface area contributed by atoms with Gasteiger partial charge in [0.05, 0.1) is 21.3 Å². The molecule has 0 aliphatic heterocycles. The number of carbonyl (C=O) groups is 1. The zero-order valence-corrected chi connectivity index (χ0v) is 20.8. The molecule has 1 aromatic carbocycles. The lowest BCUT2D eigenvalue weighted by atomic mass is 10.1. The molecule has 0 aliphatic carbocycles. The van der Waals surface area contributed by atoms with Gasteiger partial charge in [0.25, 0.3) is 0 Å². The lowest BCUT2D eigenvalue weighted by Gasteiger charge is -2.20. The van der Waals surface area contributed by atoms with Crippen molar-refractivity contribution >= 4 is 35.8 Å². The molecular formula is C20H35IN4O4. The van der Waals surface area contributed by atoms with Gasteiger partial charge in [0.15, 0.2) is 5.96 Å². The van der Waals surface area contributed by atoms with E-state index in [9.17, 15) is 4.79 Å². The number of hydrogen-bond donors (Lipinski definition) is 3. The number of nitrogens with one attached hydrogen (secondary N) is 3. The van der Waals surface area contributed by atoms with Crippen LogP contribution in [0.15, 0.2) is 17.1 Å². The highest BCUT2D eigenvalue weighted by atomic mass is 127. The summed E-state index contributed by atoms with van der Waals surface area (Å²) in [5, 5.41) is 9.27. The van der Waals surface area contributed by atoms with Gasteiger partial charge in [-0.15, -0.1) is 24.0 Å². The predicted molar refractivity (Wildman–Crippen MR) is 127 cm³/mol. The maximum absolute atomic E-state index is 12.0. The van der Waals surface area contributed by atoms with Gasteiger partial charge in [0, 0.05) is 36.3 Å². The molecule has 0 radical (unpaired) electrons. The van der Waals surface area contributed by atoms with Crippen LogP contribution in [0, 0.1) is 0 Å². The monoisotopic (exact) mass is 522 g/mol. The van der Waals surface area contributed by atoms with E-state index in [2.05, 4.69) is 20.9 Å². The Labute approximate surface area is 191 Å². The molecule has 1 rings (SSSR count). The number of rotatable bonds is 9. The molecule has 0 saturated carbocycles. The highest BCUT2D eigenvalue weighted by Crippen LogP contribution is 2.34. The van der Waals surface area contributed by atoms with Crippen LogP contribution in [0.3, 0.4) is 0 Å². The summed E-state index contributed by atoms with van der Waals surface area (Å²) in [6, 6.07) is 3.65. The van der Waals surface area contributed by atoms with E-state index < -0.39 is 0 Å². The molecule has 9 heteroatoms. The smallest absolute Gasteiger partial charge is 0.242 e. The molecule has 0 aromatic heterocycles. The second-order valence-corrected chi connectivity index (χ2v) is 7.18. The maximum Gasteiger partial charge on any atom is 0.242 e. The first-order chi connectivity index (χ1) is 13.2. The third-order valence-electron chi connectivity index (χ3n) is 3.72. The van der Waals surface area contributed by atoms with Crippen molar-refractivity contribution in [1.82, 2.24) is 16.0 Å². The summed E-state index contributed by atoms with van der Waals surface area (Å²) in [6.45, 7) is 9.13. The van der Waals surface area contributed by atoms with Gasteiger partial charge in [-0.05, 0) is 34.1 Å². The number of carbonyl (C=O) groups excluding carboxylic acids is 1. The first-order valence-electron chi connectivity index (χ1n) is 9.36. The Bertz CT molecular complexity index is 650. The van der Waals surface area contributed by atoms with Gasteiger partial charge in [-0.25, -0.2) is 4.99 Å². The fraction of sp³-hybridized carbons (Fsp3) is 0.600. The van der Waals surface area contributed by atoms with Crippen LogP contribution in [0.4, 0.5) is 0 Å². The third-order valence-corrected chi connectivity index (χ3v) is 3.72. The summed E-state index contributed by atoms with van der Waals surface area (Å²) in [7, 11) is 4.83. The molecule has 0 bridgehead atoms. The Kier molecular flexibility index (Phi) is 12.5. The molecule has 166 valence electrons. The molecule has 29 heavy (non-hydrogen) atoms. The van der Waals surface area contributed by atoms with E-state index in [1.54, 1.807) is 21.3 Å². The van der Waals surface area contributed by atoms with Crippen LogP contribution in [0.25, 0.3) is 0 Å². The summed E-state index contributed by atoms with van der Waals surface area (Å²) in [4.78, 5) is 16.3. The van der Waals surface area contributed by atoms with Gasteiger partial charge in [-0.1, -0.05) is 0 Å². The van der Waals surface area contributed by atoms with Gasteiger partial charge in [-0.3, -0.25) is 4.79 Å². The van der Waals surface area contributed by atoms with E-state index in [-0.39, 0.29) is 42.0 Å². The summed E-state index contributed by atoms with van der Waals surface area (Å²) < 4.78 is 16.2. The summed E-state index contributed by atoms with van der Waals surface area (Å²) in [6.07, 6.45) is 0.648. The molecule has 0 saturated heterocycles. The van der Waals surface area contributed by atoms with Gasteiger partial charge < -0.3 is 30.2 Å². The Morgan fingerprint density at radius 3 is 2.07 bits per heavy atom. The Morgan fingerprint density at radius 2 is 1.62 bits per heavy atom. The Morgan fingerprint density at radius 1 is 1.03 bits per heavy atom. The van der Waals surface area contributed by atoms with Crippen LogP contribution < -0.4 is 30.2 Å². The number of halogens is 1. The van der Waals surface area contributed by atoms with Crippen LogP contribution in [0.5, 0.6) is 17.2 Å². The maximum atomic E-state index is 12.0. The Balaban J connectivity index is 0.00000784. The number of ether oxygens (including phenoxy) is 3. The molecular weight excluding hydrogens is 487 g/mol. The van der Waals surface area contributed by atoms with E-state index in [4.69, 9.17) is 14.2 Å². The summed E-state index contributed by atoms with van der Waals surface area (Å²) in [5.74, 6) is 2.53. The first kappa shape index (κ1) is 27.1. The topological polar surface area (TPSA) is 93.2 Å². The van der Waals surface area contributed by atoms with Gasteiger partial charge in [0.2, 0.25) is 5.91 Å². The Hall–Kier alpha value is -1.91. The first-order valence-corrected chi connectivity index (χ1v) is 9.36. The minimum absolute atomic E-state index is 0. The van der Waals surface area contributed by atoms with Crippen LogP contribution in [-0.4, -0.2) is 58.4 Å². The highest BCUT2D eigenvalue weighted by Gasteiger charge is 2.14. The number of methoxy groups -OCH3 is 3. The third kappa shape index (κ3) is 9.91. The predicted octanol–water partition coefficient (Wildman–Crippen LogP) is 2.34. The van der Waals surface area contributed by atoms with E-state index >= 15 is 0 Å². The molecule has 8 nitrogen and oxygen atoms in total. The van der Waals surface area contributed by atoms with E-state index in [0.717, 1.165) is 5.56 Å². The number of guanidine groups is 1. The quantitative estimate of drug-likeness (QED) is 0.262. The van der Waals surface area contributed by atoms with Crippen molar-refractivity contribution in [1.29, 1.82) is 0 Å². The van der Waals surface area contributed by atoms with Crippen molar-refractivity contribution in [2.45, 2.75) is 39.7 Å². The van der Waals surface area contributed by atoms with Crippen molar-refractivity contribution in [2.24, 2.45) is 4.99 Å². The second-order valence-electron chi connectivity index (χ2n) is 7.18. The summed E-state index contributed by atoms with van der Waals surface area (Å²) in [5.41, 5.74) is 0.652. The standard InChI is InChI=1S/C20H34N4O4.HI/c1-8-21-19(23-13-18(25)24-20(2,3)4)22-10-9-15-16(27-6)11-14(26-5)12-17(15)28-7;/h11-12H,8-10,13H2,1-7H3,(H,24,25)(H2,21,22,23);1H. The fourth-order valence-electron chi connectivity index (χ4n) is 2.58. The van der Waals surface area contributed by atoms with Crippen molar-refractivity contribution in [3.63, 3.8) is 0 Å². The fourth-order valence-corrected chi connectivity index (χ4v) is 2.58. The van der Waals surface area contributed by atoms with Gasteiger partial charge in [-0.2, -0.15) is 0 Å². The zero-order valence-electron chi connectivity index (χ0n) is 18.5. The second kappa shape index (κ2) is 13.3. The number of benzene rings is 1. The largest absolute Gasteiger partial charge is 0.496 e. The number of aliphatic imine (C=N–C) groups is 1.